The number of aromatic amines is 1. The largest absolute Gasteiger partial charge is 0.252 e. The van der Waals surface area contributed by atoms with Crippen molar-refractivity contribution < 1.29 is 0 Å². The van der Waals surface area contributed by atoms with Gasteiger partial charge in [-0.05, 0) is 23.3 Å². The SMILES string of the molecule is CCc1ccc(-c2nn[nH]n2)nc1. The summed E-state index contributed by atoms with van der Waals surface area (Å²) in [6.45, 7) is 2.09. The summed E-state index contributed by atoms with van der Waals surface area (Å²) in [7, 11) is 0. The van der Waals surface area contributed by atoms with Crippen LogP contribution in [0, 0.1) is 0 Å². The van der Waals surface area contributed by atoms with E-state index in [0.717, 1.165) is 12.1 Å². The average molecular weight is 175 g/mol. The molecule has 5 nitrogen and oxygen atoms in total. The standard InChI is InChI=1S/C8H9N5/c1-2-6-3-4-7(9-5-6)8-10-12-13-11-8/h3-5H,2H2,1H3,(H,10,11,12,13). The van der Waals surface area contributed by atoms with Crippen LogP contribution in [0.1, 0.15) is 12.5 Å². The Morgan fingerprint density at radius 2 is 2.31 bits per heavy atom. The summed E-state index contributed by atoms with van der Waals surface area (Å²) in [4.78, 5) is 4.21. The number of nitrogens with one attached hydrogen (secondary N) is 1. The number of rotatable bonds is 2. The van der Waals surface area contributed by atoms with Crippen LogP contribution in [0.15, 0.2) is 18.3 Å². The van der Waals surface area contributed by atoms with Crippen molar-refractivity contribution in [3.8, 4) is 11.5 Å². The van der Waals surface area contributed by atoms with Crippen molar-refractivity contribution >= 4 is 0 Å². The number of tetrazole rings is 1. The van der Waals surface area contributed by atoms with Crippen molar-refractivity contribution in [2.45, 2.75) is 13.3 Å². The lowest BCUT2D eigenvalue weighted by Gasteiger charge is -1.95. The van der Waals surface area contributed by atoms with Gasteiger partial charge in [-0.1, -0.05) is 13.0 Å². The molecule has 2 rings (SSSR count). The van der Waals surface area contributed by atoms with Crippen molar-refractivity contribution in [2.75, 3.05) is 0 Å². The first-order valence-electron chi connectivity index (χ1n) is 4.09. The lowest BCUT2D eigenvalue weighted by atomic mass is 10.2. The third kappa shape index (κ3) is 1.53. The van der Waals surface area contributed by atoms with Gasteiger partial charge in [0.05, 0.1) is 0 Å². The molecule has 0 unspecified atom stereocenters. The molecule has 0 radical (unpaired) electrons. The smallest absolute Gasteiger partial charge is 0.222 e. The molecule has 13 heavy (non-hydrogen) atoms. The molecule has 0 aliphatic carbocycles. The predicted octanol–water partition coefficient (Wildman–Crippen LogP) is 0.824. The maximum Gasteiger partial charge on any atom is 0.222 e. The molecular formula is C8H9N5. The first kappa shape index (κ1) is 7.85. The number of H-pyrrole nitrogens is 1. The van der Waals surface area contributed by atoms with Crippen molar-refractivity contribution in [1.29, 1.82) is 0 Å². The van der Waals surface area contributed by atoms with Gasteiger partial charge in [0.2, 0.25) is 5.82 Å². The Bertz CT molecular complexity index is 364. The maximum absolute atomic E-state index is 4.21. The highest BCUT2D eigenvalue weighted by atomic mass is 15.5. The molecule has 0 spiro atoms. The van der Waals surface area contributed by atoms with E-state index in [1.165, 1.54) is 5.56 Å². The molecule has 5 heteroatoms. The van der Waals surface area contributed by atoms with E-state index < -0.39 is 0 Å². The quantitative estimate of drug-likeness (QED) is 0.733. The van der Waals surface area contributed by atoms with Crippen molar-refractivity contribution in [2.24, 2.45) is 0 Å². The zero-order valence-corrected chi connectivity index (χ0v) is 7.23. The number of pyridine rings is 1. The average Bonchev–Trinajstić information content (AvgIpc) is 2.71. The minimum Gasteiger partial charge on any atom is -0.252 e. The molecule has 0 saturated heterocycles. The van der Waals surface area contributed by atoms with E-state index in [0.29, 0.717) is 5.82 Å². The minimum absolute atomic E-state index is 0.530. The zero-order valence-electron chi connectivity index (χ0n) is 7.23. The minimum atomic E-state index is 0.530. The van der Waals surface area contributed by atoms with Gasteiger partial charge < -0.3 is 0 Å². The van der Waals surface area contributed by atoms with E-state index in [1.54, 1.807) is 0 Å². The molecule has 0 aliphatic heterocycles. The Kier molecular flexibility index (Phi) is 1.99. The van der Waals surface area contributed by atoms with E-state index >= 15 is 0 Å². The van der Waals surface area contributed by atoms with Gasteiger partial charge in [-0.25, -0.2) is 0 Å². The highest BCUT2D eigenvalue weighted by molar-refractivity contribution is 5.47. The number of hydrogen-bond acceptors (Lipinski definition) is 4. The lowest BCUT2D eigenvalue weighted by Crippen LogP contribution is -1.88. The normalized spacial score (nSPS) is 10.2. The van der Waals surface area contributed by atoms with Crippen LogP contribution in [-0.2, 0) is 6.42 Å². The van der Waals surface area contributed by atoms with Gasteiger partial charge in [-0.3, -0.25) is 4.98 Å². The highest BCUT2D eigenvalue weighted by Crippen LogP contribution is 2.09. The monoisotopic (exact) mass is 175 g/mol. The van der Waals surface area contributed by atoms with Gasteiger partial charge in [0.25, 0.3) is 0 Å². The molecule has 0 aromatic carbocycles. The van der Waals surface area contributed by atoms with Gasteiger partial charge in [0.15, 0.2) is 0 Å². The summed E-state index contributed by atoms with van der Waals surface area (Å²) < 4.78 is 0. The zero-order chi connectivity index (χ0) is 9.10. The molecular weight excluding hydrogens is 166 g/mol. The number of hydrogen-bond donors (Lipinski definition) is 1. The Morgan fingerprint density at radius 1 is 1.38 bits per heavy atom. The molecule has 2 aromatic heterocycles. The first-order valence-corrected chi connectivity index (χ1v) is 4.09. The number of aromatic nitrogens is 5. The van der Waals surface area contributed by atoms with E-state index in [2.05, 4.69) is 32.5 Å². The van der Waals surface area contributed by atoms with Crippen LogP contribution < -0.4 is 0 Å². The van der Waals surface area contributed by atoms with Gasteiger partial charge in [0, 0.05) is 6.20 Å². The highest BCUT2D eigenvalue weighted by Gasteiger charge is 2.02. The van der Waals surface area contributed by atoms with Crippen molar-refractivity contribution in [1.82, 2.24) is 25.6 Å². The second-order valence-electron chi connectivity index (χ2n) is 2.64. The summed E-state index contributed by atoms with van der Waals surface area (Å²) in [5.41, 5.74) is 1.94. The van der Waals surface area contributed by atoms with Gasteiger partial charge in [0.1, 0.15) is 5.69 Å². The fourth-order valence-corrected chi connectivity index (χ4v) is 1.04. The van der Waals surface area contributed by atoms with E-state index in [1.807, 2.05) is 18.3 Å². The predicted molar refractivity (Wildman–Crippen MR) is 46.8 cm³/mol. The first-order chi connectivity index (χ1) is 6.40. The van der Waals surface area contributed by atoms with E-state index in [-0.39, 0.29) is 0 Å². The van der Waals surface area contributed by atoms with Crippen LogP contribution in [0.5, 0.6) is 0 Å². The third-order valence-corrected chi connectivity index (χ3v) is 1.81. The Morgan fingerprint density at radius 3 is 2.85 bits per heavy atom. The summed E-state index contributed by atoms with van der Waals surface area (Å²) in [6.07, 6.45) is 2.81. The molecule has 0 atom stereocenters. The Hall–Kier alpha value is -1.78. The lowest BCUT2D eigenvalue weighted by molar-refractivity contribution is 0.881. The number of nitrogens with zero attached hydrogens (tertiary/aromatic N) is 4. The molecule has 0 fully saturated rings. The summed E-state index contributed by atoms with van der Waals surface area (Å²) >= 11 is 0. The maximum atomic E-state index is 4.21. The van der Waals surface area contributed by atoms with Gasteiger partial charge in [-0.2, -0.15) is 5.21 Å². The third-order valence-electron chi connectivity index (χ3n) is 1.81. The van der Waals surface area contributed by atoms with Crippen LogP contribution in [0.4, 0.5) is 0 Å². The summed E-state index contributed by atoms with van der Waals surface area (Å²) in [6, 6.07) is 3.91. The van der Waals surface area contributed by atoms with E-state index in [9.17, 15) is 0 Å². The van der Waals surface area contributed by atoms with E-state index in [4.69, 9.17) is 0 Å². The fraction of sp³-hybridized carbons (Fsp3) is 0.250. The summed E-state index contributed by atoms with van der Waals surface area (Å²) in [5.74, 6) is 0.530. The molecule has 0 amide bonds. The Balaban J connectivity index is 2.33. The van der Waals surface area contributed by atoms with Crippen molar-refractivity contribution in [3.63, 3.8) is 0 Å². The molecule has 0 aliphatic rings. The van der Waals surface area contributed by atoms with Gasteiger partial charge >= 0.3 is 0 Å². The van der Waals surface area contributed by atoms with Crippen LogP contribution >= 0.6 is 0 Å². The van der Waals surface area contributed by atoms with Crippen LogP contribution in [0.2, 0.25) is 0 Å². The molecule has 1 N–H and O–H groups in total. The molecule has 2 heterocycles. The van der Waals surface area contributed by atoms with Gasteiger partial charge in [-0.15, -0.1) is 10.2 Å². The fourth-order valence-electron chi connectivity index (χ4n) is 1.04. The number of aryl methyl sites for hydroxylation is 1. The van der Waals surface area contributed by atoms with Crippen LogP contribution in [0.25, 0.3) is 11.5 Å². The van der Waals surface area contributed by atoms with Crippen LogP contribution in [0.3, 0.4) is 0 Å². The Labute approximate surface area is 75.2 Å². The molecule has 0 saturated carbocycles. The molecule has 66 valence electrons. The second kappa shape index (κ2) is 3.30. The van der Waals surface area contributed by atoms with Crippen LogP contribution in [-0.4, -0.2) is 25.6 Å². The van der Waals surface area contributed by atoms with Crippen molar-refractivity contribution in [3.05, 3.63) is 23.9 Å². The topological polar surface area (TPSA) is 67.3 Å². The summed E-state index contributed by atoms with van der Waals surface area (Å²) in [5, 5.41) is 13.5. The second-order valence-corrected chi connectivity index (χ2v) is 2.64. The molecule has 0 bridgehead atoms. The molecule has 2 aromatic rings.